The van der Waals surface area contributed by atoms with Gasteiger partial charge in [-0.05, 0) is 50.5 Å². The van der Waals surface area contributed by atoms with E-state index in [4.69, 9.17) is 0 Å². The molecule has 0 saturated carbocycles. The van der Waals surface area contributed by atoms with E-state index >= 15 is 0 Å². The van der Waals surface area contributed by atoms with Gasteiger partial charge in [0.2, 0.25) is 0 Å². The lowest BCUT2D eigenvalue weighted by Gasteiger charge is -2.46. The third kappa shape index (κ3) is 2.85. The van der Waals surface area contributed by atoms with Crippen molar-refractivity contribution >= 4 is 11.6 Å². The number of para-hydroxylation sites is 2. The highest BCUT2D eigenvalue weighted by molar-refractivity contribution is 5.95. The number of nitrogens with one attached hydrogen (secondary N) is 1. The Morgan fingerprint density at radius 3 is 2.76 bits per heavy atom. The molecule has 2 aliphatic heterocycles. The minimum absolute atomic E-state index is 0.103. The number of hydrogen-bond donors (Lipinski definition) is 1. The van der Waals surface area contributed by atoms with Gasteiger partial charge >= 0.3 is 0 Å². The van der Waals surface area contributed by atoms with Crippen molar-refractivity contribution in [3.8, 4) is 5.69 Å². The number of anilines is 1. The fourth-order valence-corrected chi connectivity index (χ4v) is 4.81. The standard InChI is InChI=1S/C23H27N5O/c1-3-12-27-16-18(17(2)25-27)22(29)26-14-10-23(11-15-26)21-9-6-13-28(21)20-8-5-4-7-19(20)24-23/h4-9,13,16,24H,3,10-12,14-15H2,1-2H3. The summed E-state index contributed by atoms with van der Waals surface area (Å²) >= 11 is 0. The molecular formula is C23H27N5O. The molecule has 2 aromatic heterocycles. The SMILES string of the molecule is CCCn1cc(C(=O)N2CCC3(CC2)Nc2ccccc2-n2cccc23)c(C)n1. The van der Waals surface area contributed by atoms with Crippen molar-refractivity contribution in [1.82, 2.24) is 19.2 Å². The molecule has 3 aromatic rings. The second kappa shape index (κ2) is 6.79. The van der Waals surface area contributed by atoms with E-state index in [9.17, 15) is 4.79 Å². The van der Waals surface area contributed by atoms with E-state index in [0.717, 1.165) is 55.8 Å². The summed E-state index contributed by atoms with van der Waals surface area (Å²) in [6.45, 7) is 6.36. The molecule has 0 unspecified atom stereocenters. The zero-order chi connectivity index (χ0) is 20.0. The lowest BCUT2D eigenvalue weighted by Crippen LogP contribution is -2.51. The molecule has 5 rings (SSSR count). The number of likely N-dealkylation sites (tertiary alicyclic amines) is 1. The Bertz CT molecular complexity index is 1050. The first-order valence-corrected chi connectivity index (χ1v) is 10.5. The van der Waals surface area contributed by atoms with E-state index in [0.29, 0.717) is 0 Å². The van der Waals surface area contributed by atoms with Crippen molar-refractivity contribution in [3.63, 3.8) is 0 Å². The van der Waals surface area contributed by atoms with Crippen LogP contribution in [-0.2, 0) is 12.1 Å². The van der Waals surface area contributed by atoms with Gasteiger partial charge in [-0.15, -0.1) is 0 Å². The molecule has 6 nitrogen and oxygen atoms in total. The van der Waals surface area contributed by atoms with Crippen molar-refractivity contribution in [2.75, 3.05) is 18.4 Å². The predicted octanol–water partition coefficient (Wildman–Crippen LogP) is 3.95. The Morgan fingerprint density at radius 1 is 1.17 bits per heavy atom. The summed E-state index contributed by atoms with van der Waals surface area (Å²) in [7, 11) is 0. The normalized spacial score (nSPS) is 17.0. The summed E-state index contributed by atoms with van der Waals surface area (Å²) in [5.74, 6) is 0.103. The molecule has 150 valence electrons. The Hall–Kier alpha value is -3.02. The van der Waals surface area contributed by atoms with Gasteiger partial charge in [-0.1, -0.05) is 19.1 Å². The highest BCUT2D eigenvalue weighted by Gasteiger charge is 2.42. The third-order valence-corrected chi connectivity index (χ3v) is 6.31. The van der Waals surface area contributed by atoms with Crippen LogP contribution in [0.2, 0.25) is 0 Å². The molecule has 4 heterocycles. The first-order valence-electron chi connectivity index (χ1n) is 10.5. The van der Waals surface area contributed by atoms with Crippen LogP contribution in [0.25, 0.3) is 5.69 Å². The number of nitrogens with zero attached hydrogens (tertiary/aromatic N) is 4. The molecule has 0 radical (unpaired) electrons. The van der Waals surface area contributed by atoms with Gasteiger partial charge in [0.05, 0.1) is 28.2 Å². The van der Waals surface area contributed by atoms with Crippen molar-refractivity contribution in [1.29, 1.82) is 0 Å². The van der Waals surface area contributed by atoms with Crippen molar-refractivity contribution in [2.45, 2.75) is 45.2 Å². The van der Waals surface area contributed by atoms with Gasteiger partial charge in [-0.3, -0.25) is 9.48 Å². The maximum atomic E-state index is 13.2. The van der Waals surface area contributed by atoms with Crippen molar-refractivity contribution < 1.29 is 4.79 Å². The van der Waals surface area contributed by atoms with Crippen LogP contribution in [0.5, 0.6) is 0 Å². The molecule has 1 saturated heterocycles. The lowest BCUT2D eigenvalue weighted by atomic mass is 9.82. The Morgan fingerprint density at radius 2 is 1.97 bits per heavy atom. The first kappa shape index (κ1) is 18.0. The van der Waals surface area contributed by atoms with Gasteiger partial charge in [-0.2, -0.15) is 5.10 Å². The average Bonchev–Trinajstić information content (AvgIpc) is 3.36. The number of amides is 1. The summed E-state index contributed by atoms with van der Waals surface area (Å²) in [4.78, 5) is 15.1. The Kier molecular flexibility index (Phi) is 4.23. The smallest absolute Gasteiger partial charge is 0.257 e. The van der Waals surface area contributed by atoms with Crippen LogP contribution in [0.4, 0.5) is 5.69 Å². The average molecular weight is 390 g/mol. The van der Waals surface area contributed by atoms with Crippen LogP contribution < -0.4 is 5.32 Å². The molecule has 1 aromatic carbocycles. The van der Waals surface area contributed by atoms with Gasteiger partial charge in [0.1, 0.15) is 0 Å². The number of rotatable bonds is 3. The first-order chi connectivity index (χ1) is 14.1. The topological polar surface area (TPSA) is 55.1 Å². The number of piperidine rings is 1. The summed E-state index contributed by atoms with van der Waals surface area (Å²) in [5, 5.41) is 8.31. The van der Waals surface area contributed by atoms with Gasteiger partial charge in [0.15, 0.2) is 0 Å². The maximum absolute atomic E-state index is 13.2. The monoisotopic (exact) mass is 389 g/mol. The Labute approximate surface area is 171 Å². The molecule has 29 heavy (non-hydrogen) atoms. The summed E-state index contributed by atoms with van der Waals surface area (Å²) in [6, 6.07) is 12.8. The zero-order valence-electron chi connectivity index (χ0n) is 17.1. The molecule has 0 bridgehead atoms. The summed E-state index contributed by atoms with van der Waals surface area (Å²) < 4.78 is 4.18. The van der Waals surface area contributed by atoms with Gasteiger partial charge < -0.3 is 14.8 Å². The fraction of sp³-hybridized carbons (Fsp3) is 0.391. The predicted molar refractivity (Wildman–Crippen MR) is 113 cm³/mol. The highest BCUT2D eigenvalue weighted by atomic mass is 16.2. The van der Waals surface area contributed by atoms with E-state index in [1.807, 2.05) is 22.7 Å². The largest absolute Gasteiger partial charge is 0.372 e. The number of hydrogen-bond acceptors (Lipinski definition) is 3. The van der Waals surface area contributed by atoms with Gasteiger partial charge in [0, 0.05) is 37.7 Å². The van der Waals surface area contributed by atoms with Crippen LogP contribution >= 0.6 is 0 Å². The van der Waals surface area contributed by atoms with Crippen molar-refractivity contribution in [3.05, 3.63) is 65.7 Å². The Balaban J connectivity index is 1.38. The summed E-state index contributed by atoms with van der Waals surface area (Å²) in [5.41, 5.74) is 5.07. The van der Waals surface area contributed by atoms with Gasteiger partial charge in [0.25, 0.3) is 5.91 Å². The molecular weight excluding hydrogens is 362 g/mol. The van der Waals surface area contributed by atoms with E-state index < -0.39 is 0 Å². The quantitative estimate of drug-likeness (QED) is 0.738. The number of fused-ring (bicyclic) bond motifs is 4. The lowest BCUT2D eigenvalue weighted by molar-refractivity contribution is 0.0675. The highest BCUT2D eigenvalue weighted by Crippen LogP contribution is 2.43. The molecule has 2 aliphatic rings. The van der Waals surface area contributed by atoms with E-state index in [1.165, 1.54) is 11.4 Å². The summed E-state index contributed by atoms with van der Waals surface area (Å²) in [6.07, 6.45) is 6.83. The molecule has 1 amide bonds. The van der Waals surface area contributed by atoms with E-state index in [-0.39, 0.29) is 11.4 Å². The molecule has 0 aliphatic carbocycles. The van der Waals surface area contributed by atoms with Crippen LogP contribution in [0, 0.1) is 6.92 Å². The van der Waals surface area contributed by atoms with Crippen molar-refractivity contribution in [2.24, 2.45) is 0 Å². The van der Waals surface area contributed by atoms with Gasteiger partial charge in [-0.25, -0.2) is 0 Å². The second-order valence-electron chi connectivity index (χ2n) is 8.17. The molecule has 1 N–H and O–H groups in total. The van der Waals surface area contributed by atoms with Crippen LogP contribution in [0.15, 0.2) is 48.8 Å². The molecule has 1 fully saturated rings. The zero-order valence-corrected chi connectivity index (χ0v) is 17.1. The van der Waals surface area contributed by atoms with E-state index in [1.54, 1.807) is 0 Å². The maximum Gasteiger partial charge on any atom is 0.257 e. The minimum Gasteiger partial charge on any atom is -0.372 e. The third-order valence-electron chi connectivity index (χ3n) is 6.31. The number of carbonyl (C=O) groups is 1. The second-order valence-corrected chi connectivity index (χ2v) is 8.17. The molecule has 0 atom stereocenters. The van der Waals surface area contributed by atoms with Crippen LogP contribution in [0.3, 0.4) is 0 Å². The fourth-order valence-electron chi connectivity index (χ4n) is 4.81. The number of carbonyl (C=O) groups excluding carboxylic acids is 1. The number of aromatic nitrogens is 3. The molecule has 6 heteroatoms. The number of aryl methyl sites for hydroxylation is 2. The number of benzene rings is 1. The molecule has 1 spiro atoms. The van der Waals surface area contributed by atoms with E-state index in [2.05, 4.69) is 64.5 Å². The minimum atomic E-state index is -0.129. The van der Waals surface area contributed by atoms with Crippen LogP contribution in [0.1, 0.15) is 47.9 Å². The van der Waals surface area contributed by atoms with Crippen LogP contribution in [-0.4, -0.2) is 38.2 Å².